The minimum Gasteiger partial charge on any atom is -0.325 e. The van der Waals surface area contributed by atoms with Crippen LogP contribution < -0.4 is 10.6 Å². The molecule has 2 aromatic heterocycles. The number of rotatable bonds is 6. The number of hydrogen-bond donors (Lipinski definition) is 4. The summed E-state index contributed by atoms with van der Waals surface area (Å²) in [4.78, 5) is 20.8. The Labute approximate surface area is 185 Å². The number of anilines is 3. The van der Waals surface area contributed by atoms with Crippen molar-refractivity contribution < 1.29 is 4.79 Å². The molecule has 0 atom stereocenters. The summed E-state index contributed by atoms with van der Waals surface area (Å²) in [7, 11) is 0. The molecule has 0 fully saturated rings. The Balaban J connectivity index is 1.40. The van der Waals surface area contributed by atoms with Crippen molar-refractivity contribution in [2.75, 3.05) is 10.6 Å². The molecule has 0 aliphatic carbocycles. The first-order valence-electron chi connectivity index (χ1n) is 10.8. The number of aromatic nitrogens is 4. The molecule has 0 saturated heterocycles. The minimum absolute atomic E-state index is 0.181. The molecule has 5 aromatic rings. The number of fused-ring (bicyclic) bond motifs is 2. The lowest BCUT2D eigenvalue weighted by molar-refractivity contribution is 0.102. The van der Waals surface area contributed by atoms with Gasteiger partial charge in [0.1, 0.15) is 0 Å². The highest BCUT2D eigenvalue weighted by molar-refractivity contribution is 6.06. The number of amides is 1. The van der Waals surface area contributed by atoms with E-state index in [0.29, 0.717) is 17.2 Å². The number of aryl methyl sites for hydroxylation is 2. The van der Waals surface area contributed by atoms with Crippen LogP contribution in [0.3, 0.4) is 0 Å². The van der Waals surface area contributed by atoms with E-state index in [9.17, 15) is 4.79 Å². The molecule has 0 aliphatic rings. The second kappa shape index (κ2) is 8.19. The molecule has 32 heavy (non-hydrogen) atoms. The predicted molar refractivity (Wildman–Crippen MR) is 129 cm³/mol. The molecule has 2 heterocycles. The van der Waals surface area contributed by atoms with Gasteiger partial charge in [0.15, 0.2) is 0 Å². The number of benzene rings is 3. The summed E-state index contributed by atoms with van der Waals surface area (Å²) < 4.78 is 0. The van der Waals surface area contributed by atoms with Crippen molar-refractivity contribution in [2.24, 2.45) is 0 Å². The summed E-state index contributed by atoms with van der Waals surface area (Å²) in [5, 5.41) is 14.3. The largest absolute Gasteiger partial charge is 0.325 e. The van der Waals surface area contributed by atoms with Gasteiger partial charge in [0.25, 0.3) is 5.91 Å². The van der Waals surface area contributed by atoms with Gasteiger partial charge in [-0.25, -0.2) is 4.98 Å². The van der Waals surface area contributed by atoms with Crippen LogP contribution in [-0.4, -0.2) is 26.1 Å². The normalized spacial score (nSPS) is 11.2. The van der Waals surface area contributed by atoms with Gasteiger partial charge >= 0.3 is 0 Å². The molecule has 0 bridgehead atoms. The Morgan fingerprint density at radius 1 is 0.969 bits per heavy atom. The highest BCUT2D eigenvalue weighted by atomic mass is 16.1. The average molecular weight is 425 g/mol. The predicted octanol–water partition coefficient (Wildman–Crippen LogP) is 5.56. The topological polar surface area (TPSA) is 98.5 Å². The van der Waals surface area contributed by atoms with E-state index >= 15 is 0 Å². The van der Waals surface area contributed by atoms with E-state index in [-0.39, 0.29) is 5.91 Å². The van der Waals surface area contributed by atoms with Crippen LogP contribution in [0.5, 0.6) is 0 Å². The number of para-hydroxylation sites is 1. The maximum atomic E-state index is 12.8. The fraction of sp³-hybridized carbons (Fsp3) is 0.160. The Hall–Kier alpha value is -4.13. The van der Waals surface area contributed by atoms with Crippen molar-refractivity contribution in [2.45, 2.75) is 26.7 Å². The van der Waals surface area contributed by atoms with E-state index in [1.54, 1.807) is 12.3 Å². The molecule has 7 heteroatoms. The lowest BCUT2D eigenvalue weighted by Gasteiger charge is -2.13. The zero-order valence-corrected chi connectivity index (χ0v) is 18.0. The van der Waals surface area contributed by atoms with Crippen molar-refractivity contribution in [3.05, 3.63) is 77.5 Å². The summed E-state index contributed by atoms with van der Waals surface area (Å²) in [6.45, 7) is 4.29. The van der Waals surface area contributed by atoms with Crippen molar-refractivity contribution in [3.63, 3.8) is 0 Å². The smallest absolute Gasteiger partial charge is 0.255 e. The molecule has 160 valence electrons. The van der Waals surface area contributed by atoms with Gasteiger partial charge in [-0.05, 0) is 60.4 Å². The Morgan fingerprint density at radius 2 is 1.78 bits per heavy atom. The first kappa shape index (κ1) is 19.8. The van der Waals surface area contributed by atoms with E-state index in [1.165, 1.54) is 11.1 Å². The van der Waals surface area contributed by atoms with Gasteiger partial charge < -0.3 is 15.6 Å². The maximum absolute atomic E-state index is 12.8. The van der Waals surface area contributed by atoms with Crippen LogP contribution in [-0.2, 0) is 12.8 Å². The quantitative estimate of drug-likeness (QED) is 0.287. The molecular weight excluding hydrogens is 400 g/mol. The lowest BCUT2D eigenvalue weighted by atomic mass is 10.0. The summed E-state index contributed by atoms with van der Waals surface area (Å²) in [6, 6.07) is 17.5. The van der Waals surface area contributed by atoms with Gasteiger partial charge in [0, 0.05) is 22.3 Å². The summed E-state index contributed by atoms with van der Waals surface area (Å²) >= 11 is 0. The van der Waals surface area contributed by atoms with Crippen molar-refractivity contribution in [1.29, 1.82) is 0 Å². The Morgan fingerprint density at radius 3 is 2.56 bits per heavy atom. The number of H-pyrrole nitrogens is 2. The van der Waals surface area contributed by atoms with Gasteiger partial charge in [-0.3, -0.25) is 9.89 Å². The SMILES string of the molecule is CCc1cccc(CC)c1Nc1nc2ccc(C(=O)Nc3ccc4cn[nH]c4c3)cc2[nH]1. The number of hydrogen-bond acceptors (Lipinski definition) is 4. The number of nitrogens with one attached hydrogen (secondary N) is 4. The van der Waals surface area contributed by atoms with E-state index in [1.807, 2.05) is 30.3 Å². The van der Waals surface area contributed by atoms with Crippen LogP contribution in [0.1, 0.15) is 35.3 Å². The summed E-state index contributed by atoms with van der Waals surface area (Å²) in [6.07, 6.45) is 3.62. The number of aromatic amines is 2. The van der Waals surface area contributed by atoms with Gasteiger partial charge in [-0.2, -0.15) is 5.10 Å². The molecule has 0 saturated carbocycles. The molecular formula is C25H24N6O. The third-order valence-electron chi connectivity index (χ3n) is 5.69. The Bertz CT molecular complexity index is 1410. The van der Waals surface area contributed by atoms with Crippen molar-refractivity contribution in [1.82, 2.24) is 20.2 Å². The zero-order valence-electron chi connectivity index (χ0n) is 18.0. The fourth-order valence-electron chi connectivity index (χ4n) is 3.95. The van der Waals surface area contributed by atoms with Crippen molar-refractivity contribution >= 4 is 45.2 Å². The molecule has 0 radical (unpaired) electrons. The molecule has 1 amide bonds. The van der Waals surface area contributed by atoms with Crippen LogP contribution in [0.15, 0.2) is 60.8 Å². The van der Waals surface area contributed by atoms with Crippen LogP contribution in [0.25, 0.3) is 21.9 Å². The Kier molecular flexibility index (Phi) is 5.07. The number of carbonyl (C=O) groups excluding carboxylic acids is 1. The number of nitrogens with zero attached hydrogens (tertiary/aromatic N) is 2. The molecule has 0 aliphatic heterocycles. The molecule has 3 aromatic carbocycles. The van der Waals surface area contributed by atoms with Crippen molar-refractivity contribution in [3.8, 4) is 0 Å². The van der Waals surface area contributed by atoms with E-state index in [2.05, 4.69) is 62.8 Å². The molecule has 0 unspecified atom stereocenters. The monoisotopic (exact) mass is 424 g/mol. The first-order valence-corrected chi connectivity index (χ1v) is 10.8. The standard InChI is InChI=1S/C25H24N6O/c1-3-15-6-5-7-16(4-2)23(15)30-25-28-20-11-9-17(12-22(20)29-25)24(32)27-19-10-8-18-14-26-31-21(18)13-19/h5-14H,3-4H2,1-2H3,(H,26,31)(H,27,32)(H2,28,29,30). The zero-order chi connectivity index (χ0) is 22.1. The van der Waals surface area contributed by atoms with E-state index in [4.69, 9.17) is 0 Å². The van der Waals surface area contributed by atoms with E-state index < -0.39 is 0 Å². The summed E-state index contributed by atoms with van der Waals surface area (Å²) in [5.41, 5.74) is 7.34. The van der Waals surface area contributed by atoms with Gasteiger partial charge in [0.2, 0.25) is 5.95 Å². The molecule has 4 N–H and O–H groups in total. The van der Waals surface area contributed by atoms with E-state index in [0.717, 1.165) is 40.5 Å². The average Bonchev–Trinajstić information content (AvgIpc) is 3.44. The maximum Gasteiger partial charge on any atom is 0.255 e. The molecule has 7 nitrogen and oxygen atoms in total. The fourth-order valence-corrected chi connectivity index (χ4v) is 3.95. The van der Waals surface area contributed by atoms with Gasteiger partial charge in [-0.1, -0.05) is 32.0 Å². The highest BCUT2D eigenvalue weighted by Crippen LogP contribution is 2.27. The second-order valence-electron chi connectivity index (χ2n) is 7.73. The van der Waals surface area contributed by atoms with Gasteiger partial charge in [0.05, 0.1) is 22.7 Å². The first-order chi connectivity index (χ1) is 15.6. The minimum atomic E-state index is -0.181. The third kappa shape index (κ3) is 3.69. The number of carbonyl (C=O) groups is 1. The van der Waals surface area contributed by atoms with Crippen LogP contribution >= 0.6 is 0 Å². The van der Waals surface area contributed by atoms with Crippen LogP contribution in [0, 0.1) is 0 Å². The number of imidazole rings is 1. The third-order valence-corrected chi connectivity index (χ3v) is 5.69. The second-order valence-corrected chi connectivity index (χ2v) is 7.73. The van der Waals surface area contributed by atoms with Gasteiger partial charge in [-0.15, -0.1) is 0 Å². The molecule has 5 rings (SSSR count). The van der Waals surface area contributed by atoms with Crippen LogP contribution in [0.2, 0.25) is 0 Å². The van der Waals surface area contributed by atoms with Crippen LogP contribution in [0.4, 0.5) is 17.3 Å². The molecule has 0 spiro atoms. The highest BCUT2D eigenvalue weighted by Gasteiger charge is 2.12. The lowest BCUT2D eigenvalue weighted by Crippen LogP contribution is -2.11. The summed E-state index contributed by atoms with van der Waals surface area (Å²) in [5.74, 6) is 0.484.